The van der Waals surface area contributed by atoms with Crippen molar-refractivity contribution in [3.05, 3.63) is 35.6 Å². The molecule has 19 heavy (non-hydrogen) atoms. The van der Waals surface area contributed by atoms with Gasteiger partial charge in [-0.1, -0.05) is 18.2 Å². The lowest BCUT2D eigenvalue weighted by atomic mass is 9.76. The van der Waals surface area contributed by atoms with Crippen molar-refractivity contribution in [2.24, 2.45) is 5.41 Å². The van der Waals surface area contributed by atoms with E-state index in [1.165, 1.54) is 12.8 Å². The maximum absolute atomic E-state index is 13.9. The lowest BCUT2D eigenvalue weighted by Crippen LogP contribution is -2.42. The molecule has 1 aliphatic carbocycles. The summed E-state index contributed by atoms with van der Waals surface area (Å²) in [7, 11) is 0. The highest BCUT2D eigenvalue weighted by Gasteiger charge is 2.42. The summed E-state index contributed by atoms with van der Waals surface area (Å²) in [4.78, 5) is 0. The maximum atomic E-state index is 13.9. The van der Waals surface area contributed by atoms with Gasteiger partial charge in [0.1, 0.15) is 5.82 Å². The molecular formula is C16H22FNO. The van der Waals surface area contributed by atoms with Crippen molar-refractivity contribution < 1.29 is 9.13 Å². The molecule has 2 unspecified atom stereocenters. The van der Waals surface area contributed by atoms with E-state index in [2.05, 4.69) is 12.2 Å². The van der Waals surface area contributed by atoms with Crippen LogP contribution in [-0.2, 0) is 11.2 Å². The molecule has 1 aromatic rings. The SMILES string of the molecule is CC1OCCC1(CNC1CC1)Cc1ccccc1F. The Morgan fingerprint density at radius 3 is 2.79 bits per heavy atom. The fraction of sp³-hybridized carbons (Fsp3) is 0.625. The summed E-state index contributed by atoms with van der Waals surface area (Å²) < 4.78 is 19.7. The van der Waals surface area contributed by atoms with Gasteiger partial charge in [-0.15, -0.1) is 0 Å². The minimum atomic E-state index is -0.0904. The second kappa shape index (κ2) is 5.22. The van der Waals surface area contributed by atoms with E-state index < -0.39 is 0 Å². The van der Waals surface area contributed by atoms with Gasteiger partial charge in [-0.3, -0.25) is 0 Å². The summed E-state index contributed by atoms with van der Waals surface area (Å²) in [5.74, 6) is -0.0904. The molecular weight excluding hydrogens is 241 g/mol. The molecule has 1 saturated heterocycles. The van der Waals surface area contributed by atoms with Crippen LogP contribution in [0.15, 0.2) is 24.3 Å². The van der Waals surface area contributed by atoms with Crippen LogP contribution in [0.5, 0.6) is 0 Å². The monoisotopic (exact) mass is 263 g/mol. The van der Waals surface area contributed by atoms with Crippen LogP contribution in [0.1, 0.15) is 31.7 Å². The molecule has 1 aliphatic heterocycles. The van der Waals surface area contributed by atoms with E-state index in [1.54, 1.807) is 12.1 Å². The molecule has 0 radical (unpaired) electrons. The van der Waals surface area contributed by atoms with Crippen LogP contribution in [0.3, 0.4) is 0 Å². The molecule has 1 heterocycles. The van der Waals surface area contributed by atoms with E-state index in [1.807, 2.05) is 12.1 Å². The number of nitrogens with one attached hydrogen (secondary N) is 1. The molecule has 1 saturated carbocycles. The highest BCUT2D eigenvalue weighted by Crippen LogP contribution is 2.39. The topological polar surface area (TPSA) is 21.3 Å². The summed E-state index contributed by atoms with van der Waals surface area (Å²) in [6.07, 6.45) is 4.54. The zero-order valence-electron chi connectivity index (χ0n) is 11.5. The minimum Gasteiger partial charge on any atom is -0.378 e. The average Bonchev–Trinajstić information content (AvgIpc) is 3.16. The molecule has 3 heteroatoms. The number of rotatable bonds is 5. The molecule has 3 rings (SSSR count). The van der Waals surface area contributed by atoms with E-state index >= 15 is 0 Å². The Labute approximate surface area is 114 Å². The second-order valence-electron chi connectivity index (χ2n) is 6.05. The minimum absolute atomic E-state index is 0.0464. The van der Waals surface area contributed by atoms with E-state index in [0.717, 1.165) is 31.6 Å². The molecule has 1 N–H and O–H groups in total. The number of halogens is 1. The van der Waals surface area contributed by atoms with Gasteiger partial charge in [-0.2, -0.15) is 0 Å². The first-order valence-corrected chi connectivity index (χ1v) is 7.28. The van der Waals surface area contributed by atoms with Crippen molar-refractivity contribution in [1.82, 2.24) is 5.32 Å². The zero-order chi connectivity index (χ0) is 13.3. The highest BCUT2D eigenvalue weighted by atomic mass is 19.1. The summed E-state index contributed by atoms with van der Waals surface area (Å²) in [6, 6.07) is 7.81. The van der Waals surface area contributed by atoms with Crippen LogP contribution >= 0.6 is 0 Å². The molecule has 2 fully saturated rings. The number of benzene rings is 1. The van der Waals surface area contributed by atoms with Crippen LogP contribution in [0.4, 0.5) is 4.39 Å². The zero-order valence-corrected chi connectivity index (χ0v) is 11.5. The van der Waals surface area contributed by atoms with Gasteiger partial charge in [0.2, 0.25) is 0 Å². The van der Waals surface area contributed by atoms with Gasteiger partial charge in [0.05, 0.1) is 6.10 Å². The van der Waals surface area contributed by atoms with Gasteiger partial charge >= 0.3 is 0 Å². The van der Waals surface area contributed by atoms with Gasteiger partial charge in [0, 0.05) is 24.6 Å². The third-order valence-corrected chi connectivity index (χ3v) is 4.65. The van der Waals surface area contributed by atoms with Crippen LogP contribution < -0.4 is 5.32 Å². The average molecular weight is 263 g/mol. The Morgan fingerprint density at radius 1 is 1.37 bits per heavy atom. The van der Waals surface area contributed by atoms with Gasteiger partial charge in [-0.05, 0) is 44.2 Å². The lowest BCUT2D eigenvalue weighted by Gasteiger charge is -2.33. The number of hydrogen-bond acceptors (Lipinski definition) is 2. The quantitative estimate of drug-likeness (QED) is 0.882. The molecule has 0 amide bonds. The normalized spacial score (nSPS) is 30.7. The fourth-order valence-electron chi connectivity index (χ4n) is 3.00. The molecule has 104 valence electrons. The predicted octanol–water partition coefficient (Wildman–Crippen LogP) is 2.92. The number of ether oxygens (including phenoxy) is 1. The first kappa shape index (κ1) is 13.1. The molecule has 2 nitrogen and oxygen atoms in total. The third kappa shape index (κ3) is 2.82. The smallest absolute Gasteiger partial charge is 0.126 e. The molecule has 0 aromatic heterocycles. The summed E-state index contributed by atoms with van der Waals surface area (Å²) >= 11 is 0. The maximum Gasteiger partial charge on any atom is 0.126 e. The first-order chi connectivity index (χ1) is 9.20. The highest BCUT2D eigenvalue weighted by molar-refractivity contribution is 5.20. The van der Waals surface area contributed by atoms with E-state index in [9.17, 15) is 4.39 Å². The molecule has 0 bridgehead atoms. The largest absolute Gasteiger partial charge is 0.378 e. The number of hydrogen-bond donors (Lipinski definition) is 1. The molecule has 2 atom stereocenters. The summed E-state index contributed by atoms with van der Waals surface area (Å²) in [6.45, 7) is 3.86. The summed E-state index contributed by atoms with van der Waals surface area (Å²) in [5.41, 5.74) is 0.863. The van der Waals surface area contributed by atoms with Crippen molar-refractivity contribution in [3.8, 4) is 0 Å². The predicted molar refractivity (Wildman–Crippen MR) is 73.6 cm³/mol. The van der Waals surface area contributed by atoms with Crippen LogP contribution in [0.2, 0.25) is 0 Å². The second-order valence-corrected chi connectivity index (χ2v) is 6.05. The van der Waals surface area contributed by atoms with E-state index in [0.29, 0.717) is 6.04 Å². The lowest BCUT2D eigenvalue weighted by molar-refractivity contribution is 0.0624. The van der Waals surface area contributed by atoms with Gasteiger partial charge in [0.25, 0.3) is 0 Å². The first-order valence-electron chi connectivity index (χ1n) is 7.28. The standard InChI is InChI=1S/C16H22FNO/c1-12-16(8-9-19-12,11-18-14-6-7-14)10-13-4-2-3-5-15(13)17/h2-5,12,14,18H,6-11H2,1H3. The van der Waals surface area contributed by atoms with E-state index in [4.69, 9.17) is 4.74 Å². The Kier molecular flexibility index (Phi) is 3.59. The fourth-order valence-corrected chi connectivity index (χ4v) is 3.00. The van der Waals surface area contributed by atoms with Gasteiger partial charge in [0.15, 0.2) is 0 Å². The van der Waals surface area contributed by atoms with Crippen molar-refractivity contribution in [3.63, 3.8) is 0 Å². The van der Waals surface area contributed by atoms with Crippen LogP contribution in [-0.4, -0.2) is 25.3 Å². The van der Waals surface area contributed by atoms with Gasteiger partial charge < -0.3 is 10.1 Å². The molecule has 2 aliphatic rings. The summed E-state index contributed by atoms with van der Waals surface area (Å²) in [5, 5.41) is 3.61. The third-order valence-electron chi connectivity index (χ3n) is 4.65. The van der Waals surface area contributed by atoms with Crippen LogP contribution in [0, 0.1) is 11.2 Å². The molecule has 0 spiro atoms. The van der Waals surface area contributed by atoms with Crippen LogP contribution in [0.25, 0.3) is 0 Å². The van der Waals surface area contributed by atoms with Crippen molar-refractivity contribution in [2.45, 2.75) is 44.8 Å². The Bertz CT molecular complexity index is 446. The molecule has 1 aromatic carbocycles. The van der Waals surface area contributed by atoms with Crippen molar-refractivity contribution >= 4 is 0 Å². The van der Waals surface area contributed by atoms with Gasteiger partial charge in [-0.25, -0.2) is 4.39 Å². The van der Waals surface area contributed by atoms with Crippen molar-refractivity contribution in [2.75, 3.05) is 13.2 Å². The van der Waals surface area contributed by atoms with Crippen molar-refractivity contribution in [1.29, 1.82) is 0 Å². The Morgan fingerprint density at radius 2 is 2.16 bits per heavy atom. The Balaban J connectivity index is 1.76. The van der Waals surface area contributed by atoms with E-state index in [-0.39, 0.29) is 17.3 Å². The Hall–Kier alpha value is -0.930.